The van der Waals surface area contributed by atoms with Gasteiger partial charge in [0.2, 0.25) is 5.88 Å². The van der Waals surface area contributed by atoms with Crippen LogP contribution in [0.5, 0.6) is 5.88 Å². The molecular weight excluding hydrogens is 360 g/mol. The number of benzene rings is 2. The number of ether oxygens (including phenoxy) is 1. The Kier molecular flexibility index (Phi) is 5.84. The fourth-order valence-electron chi connectivity index (χ4n) is 2.58. The van der Waals surface area contributed by atoms with Crippen LogP contribution in [0.4, 0.5) is 11.5 Å². The SMILES string of the molecule is C.Clc1ccc(Nc2nnc(OCc3ccncc3)c3ccccc23)cc1. The Morgan fingerprint density at radius 2 is 1.56 bits per heavy atom. The van der Waals surface area contributed by atoms with Crippen LogP contribution in [0.25, 0.3) is 10.8 Å². The zero-order valence-electron chi connectivity index (χ0n) is 13.8. The van der Waals surface area contributed by atoms with Gasteiger partial charge >= 0.3 is 0 Å². The van der Waals surface area contributed by atoms with Crippen molar-refractivity contribution >= 4 is 33.9 Å². The molecule has 0 saturated carbocycles. The van der Waals surface area contributed by atoms with Crippen molar-refractivity contribution in [1.29, 1.82) is 0 Å². The molecule has 0 amide bonds. The first kappa shape index (κ1) is 18.6. The van der Waals surface area contributed by atoms with Gasteiger partial charge in [-0.15, -0.1) is 10.2 Å². The van der Waals surface area contributed by atoms with Crippen LogP contribution in [-0.2, 0) is 6.61 Å². The van der Waals surface area contributed by atoms with E-state index >= 15 is 0 Å². The van der Waals surface area contributed by atoms with Crippen molar-refractivity contribution in [3.63, 3.8) is 0 Å². The fraction of sp³-hybridized carbons (Fsp3) is 0.0952. The second kappa shape index (κ2) is 8.47. The number of nitrogens with zero attached hydrogens (tertiary/aromatic N) is 3. The molecule has 0 aliphatic heterocycles. The molecule has 6 heteroatoms. The fourth-order valence-corrected chi connectivity index (χ4v) is 2.70. The normalized spacial score (nSPS) is 10.3. The quantitative estimate of drug-likeness (QED) is 0.487. The average molecular weight is 379 g/mol. The van der Waals surface area contributed by atoms with Crippen LogP contribution in [-0.4, -0.2) is 15.2 Å². The largest absolute Gasteiger partial charge is 0.471 e. The molecule has 2 aromatic carbocycles. The van der Waals surface area contributed by atoms with Crippen LogP contribution in [0.1, 0.15) is 13.0 Å². The third-order valence-corrected chi connectivity index (χ3v) is 4.14. The van der Waals surface area contributed by atoms with Crippen molar-refractivity contribution in [2.45, 2.75) is 14.0 Å². The average Bonchev–Trinajstić information content (AvgIpc) is 2.70. The van der Waals surface area contributed by atoms with Crippen molar-refractivity contribution < 1.29 is 4.74 Å². The van der Waals surface area contributed by atoms with E-state index in [9.17, 15) is 0 Å². The van der Waals surface area contributed by atoms with Crippen molar-refractivity contribution in [1.82, 2.24) is 15.2 Å². The molecule has 0 unspecified atom stereocenters. The van der Waals surface area contributed by atoms with Gasteiger partial charge in [-0.3, -0.25) is 4.98 Å². The summed E-state index contributed by atoms with van der Waals surface area (Å²) in [5, 5.41) is 14.4. The predicted octanol–water partition coefficient (Wildman–Crippen LogP) is 5.64. The summed E-state index contributed by atoms with van der Waals surface area (Å²) >= 11 is 5.94. The van der Waals surface area contributed by atoms with Crippen molar-refractivity contribution in [3.05, 3.63) is 83.6 Å². The second-order valence-corrected chi connectivity index (χ2v) is 6.11. The number of aromatic nitrogens is 3. The molecule has 4 aromatic rings. The lowest BCUT2D eigenvalue weighted by molar-refractivity contribution is 0.294. The number of anilines is 2. The van der Waals surface area contributed by atoms with E-state index in [1.165, 1.54) is 0 Å². The van der Waals surface area contributed by atoms with Crippen molar-refractivity contribution in [2.24, 2.45) is 0 Å². The van der Waals surface area contributed by atoms with E-state index in [2.05, 4.69) is 20.5 Å². The number of pyridine rings is 1. The molecule has 0 fully saturated rings. The van der Waals surface area contributed by atoms with Crippen LogP contribution in [0, 0.1) is 0 Å². The van der Waals surface area contributed by atoms with Gasteiger partial charge in [0.1, 0.15) is 6.61 Å². The van der Waals surface area contributed by atoms with Crippen LogP contribution >= 0.6 is 11.6 Å². The minimum Gasteiger partial charge on any atom is -0.471 e. The van der Waals surface area contributed by atoms with E-state index in [0.717, 1.165) is 22.0 Å². The first-order chi connectivity index (χ1) is 12.8. The third-order valence-electron chi connectivity index (χ3n) is 3.89. The zero-order chi connectivity index (χ0) is 17.8. The molecular formula is C21H19ClN4O. The van der Waals surface area contributed by atoms with Gasteiger partial charge in [-0.2, -0.15) is 0 Å². The highest BCUT2D eigenvalue weighted by atomic mass is 35.5. The van der Waals surface area contributed by atoms with Crippen LogP contribution in [0.2, 0.25) is 5.02 Å². The van der Waals surface area contributed by atoms with Crippen molar-refractivity contribution in [3.8, 4) is 5.88 Å². The lowest BCUT2D eigenvalue weighted by atomic mass is 10.2. The Hall–Kier alpha value is -3.18. The summed E-state index contributed by atoms with van der Waals surface area (Å²) in [7, 11) is 0. The molecule has 27 heavy (non-hydrogen) atoms. The number of halogens is 1. The second-order valence-electron chi connectivity index (χ2n) is 5.68. The monoisotopic (exact) mass is 378 g/mol. The van der Waals surface area contributed by atoms with E-state index in [4.69, 9.17) is 16.3 Å². The lowest BCUT2D eigenvalue weighted by Gasteiger charge is -2.12. The van der Waals surface area contributed by atoms with Gasteiger partial charge in [0.05, 0.1) is 0 Å². The topological polar surface area (TPSA) is 59.9 Å². The Morgan fingerprint density at radius 3 is 2.30 bits per heavy atom. The highest BCUT2D eigenvalue weighted by molar-refractivity contribution is 6.30. The summed E-state index contributed by atoms with van der Waals surface area (Å²) in [6.45, 7) is 0.408. The molecule has 0 aliphatic rings. The molecule has 4 rings (SSSR count). The molecule has 2 aromatic heterocycles. The maximum atomic E-state index is 5.94. The summed E-state index contributed by atoms with van der Waals surface area (Å²) in [5.41, 5.74) is 1.91. The van der Waals surface area contributed by atoms with Gasteiger partial charge in [-0.1, -0.05) is 37.2 Å². The van der Waals surface area contributed by atoms with Gasteiger partial charge in [-0.05, 0) is 48.0 Å². The summed E-state index contributed by atoms with van der Waals surface area (Å²) in [4.78, 5) is 4.01. The lowest BCUT2D eigenvalue weighted by Crippen LogP contribution is -2.02. The molecule has 0 aliphatic carbocycles. The van der Waals surface area contributed by atoms with E-state index in [-0.39, 0.29) is 7.43 Å². The summed E-state index contributed by atoms with van der Waals surface area (Å²) in [5.74, 6) is 1.17. The Morgan fingerprint density at radius 1 is 0.852 bits per heavy atom. The standard InChI is InChI=1S/C20H15ClN4O.CH4/c21-15-5-7-16(8-6-15)23-19-17-3-1-2-4-18(17)20(25-24-19)26-13-14-9-11-22-12-10-14;/h1-12H,13H2,(H,23,24);1H4. The number of hydrogen-bond donors (Lipinski definition) is 1. The Balaban J connectivity index is 0.00000210. The van der Waals surface area contributed by atoms with E-state index in [1.807, 2.05) is 60.7 Å². The molecule has 0 saturated heterocycles. The molecule has 5 nitrogen and oxygen atoms in total. The minimum atomic E-state index is 0. The molecule has 136 valence electrons. The van der Waals surface area contributed by atoms with Gasteiger partial charge in [0, 0.05) is 33.9 Å². The van der Waals surface area contributed by atoms with E-state index < -0.39 is 0 Å². The third kappa shape index (κ3) is 4.33. The number of rotatable bonds is 5. The Labute approximate surface area is 163 Å². The zero-order valence-corrected chi connectivity index (χ0v) is 14.5. The first-order valence-corrected chi connectivity index (χ1v) is 8.47. The van der Waals surface area contributed by atoms with Gasteiger partial charge in [0.15, 0.2) is 5.82 Å². The van der Waals surface area contributed by atoms with Crippen LogP contribution in [0.15, 0.2) is 73.1 Å². The van der Waals surface area contributed by atoms with E-state index in [1.54, 1.807) is 12.4 Å². The maximum Gasteiger partial charge on any atom is 0.241 e. The number of hydrogen-bond acceptors (Lipinski definition) is 5. The summed E-state index contributed by atoms with van der Waals surface area (Å²) in [6.07, 6.45) is 3.48. The number of fused-ring (bicyclic) bond motifs is 1. The molecule has 0 atom stereocenters. The summed E-state index contributed by atoms with van der Waals surface area (Å²) in [6, 6.07) is 19.1. The smallest absolute Gasteiger partial charge is 0.241 e. The minimum absolute atomic E-state index is 0. The molecule has 0 spiro atoms. The predicted molar refractivity (Wildman–Crippen MR) is 110 cm³/mol. The molecule has 2 heterocycles. The Bertz CT molecular complexity index is 1020. The van der Waals surface area contributed by atoms with Crippen molar-refractivity contribution in [2.75, 3.05) is 5.32 Å². The highest BCUT2D eigenvalue weighted by Crippen LogP contribution is 2.30. The van der Waals surface area contributed by atoms with Gasteiger partial charge in [-0.25, -0.2) is 0 Å². The van der Waals surface area contributed by atoms with Crippen LogP contribution in [0.3, 0.4) is 0 Å². The van der Waals surface area contributed by atoms with Crippen LogP contribution < -0.4 is 10.1 Å². The van der Waals surface area contributed by atoms with E-state index in [0.29, 0.717) is 23.3 Å². The summed E-state index contributed by atoms with van der Waals surface area (Å²) < 4.78 is 5.88. The number of nitrogens with one attached hydrogen (secondary N) is 1. The molecule has 0 bridgehead atoms. The van der Waals surface area contributed by atoms with Gasteiger partial charge in [0.25, 0.3) is 0 Å². The van der Waals surface area contributed by atoms with Gasteiger partial charge < -0.3 is 10.1 Å². The maximum absolute atomic E-state index is 5.94. The first-order valence-electron chi connectivity index (χ1n) is 8.09. The highest BCUT2D eigenvalue weighted by Gasteiger charge is 2.10. The molecule has 0 radical (unpaired) electrons. The molecule has 1 N–H and O–H groups in total.